The normalized spacial score (nSPS) is 25.3. The van der Waals surface area contributed by atoms with Crippen LogP contribution in [0.15, 0.2) is 0 Å². The van der Waals surface area contributed by atoms with Crippen LogP contribution < -0.4 is 5.32 Å². The first kappa shape index (κ1) is 12.7. The molecule has 1 aliphatic rings. The molecule has 4 heteroatoms. The Morgan fingerprint density at radius 1 is 1.14 bits per heavy atom. The Kier molecular flexibility index (Phi) is 7.12. The first-order valence-corrected chi connectivity index (χ1v) is 8.00. The lowest BCUT2D eigenvalue weighted by Gasteiger charge is -2.00. The third-order valence-electron chi connectivity index (χ3n) is 2.06. The van der Waals surface area contributed by atoms with E-state index in [0.29, 0.717) is 12.3 Å². The fourth-order valence-corrected chi connectivity index (χ4v) is 3.33. The van der Waals surface area contributed by atoms with E-state index in [9.17, 15) is 0 Å². The van der Waals surface area contributed by atoms with Crippen molar-refractivity contribution in [3.05, 3.63) is 0 Å². The van der Waals surface area contributed by atoms with Crippen LogP contribution in [0.2, 0.25) is 0 Å². The largest absolute Gasteiger partial charge is 0.353 e. The van der Waals surface area contributed by atoms with Crippen molar-refractivity contribution >= 4 is 21.6 Å². The van der Waals surface area contributed by atoms with E-state index in [1.165, 1.54) is 30.8 Å². The summed E-state index contributed by atoms with van der Waals surface area (Å²) >= 11 is 0. The topological polar surface area (TPSA) is 24.6 Å². The van der Waals surface area contributed by atoms with Crippen LogP contribution in [0.1, 0.15) is 33.1 Å². The Balaban J connectivity index is 1.77. The number of nitrogens with one attached hydrogen (secondary N) is 1. The Morgan fingerprint density at radius 2 is 1.93 bits per heavy atom. The van der Waals surface area contributed by atoms with Crippen molar-refractivity contribution in [3.8, 4) is 0 Å². The molecule has 1 aliphatic heterocycles. The van der Waals surface area contributed by atoms with Crippen LogP contribution >= 0.6 is 21.6 Å². The molecule has 1 saturated heterocycles. The lowest BCUT2D eigenvalue weighted by molar-refractivity contribution is 0.342. The number of hydrogen-bond acceptors (Lipinski definition) is 4. The minimum atomic E-state index is 0.367. The van der Waals surface area contributed by atoms with Crippen LogP contribution in [0, 0.1) is 0 Å². The predicted octanol–water partition coefficient (Wildman–Crippen LogP) is 2.89. The molecule has 0 aromatic heterocycles. The highest BCUT2D eigenvalue weighted by Gasteiger charge is 2.36. The van der Waals surface area contributed by atoms with Crippen molar-refractivity contribution < 1.29 is 4.74 Å². The summed E-state index contributed by atoms with van der Waals surface area (Å²) in [4.78, 5) is 0. The zero-order chi connectivity index (χ0) is 10.2. The summed E-state index contributed by atoms with van der Waals surface area (Å²) < 4.78 is 5.46. The summed E-state index contributed by atoms with van der Waals surface area (Å²) in [6.07, 6.45) is 4.58. The van der Waals surface area contributed by atoms with Crippen LogP contribution in [-0.4, -0.2) is 30.4 Å². The van der Waals surface area contributed by atoms with Crippen molar-refractivity contribution in [3.63, 3.8) is 0 Å². The summed E-state index contributed by atoms with van der Waals surface area (Å²) in [7, 11) is 3.93. The molecule has 2 unspecified atom stereocenters. The van der Waals surface area contributed by atoms with Gasteiger partial charge in [0.2, 0.25) is 0 Å². The van der Waals surface area contributed by atoms with E-state index in [4.69, 9.17) is 4.74 Å². The molecule has 2 nitrogen and oxygen atoms in total. The lowest BCUT2D eigenvalue weighted by Crippen LogP contribution is -2.22. The molecule has 2 atom stereocenters. The average molecular weight is 235 g/mol. The van der Waals surface area contributed by atoms with Crippen LogP contribution in [0.25, 0.3) is 0 Å². The molecular formula is C10H21NOS2. The summed E-state index contributed by atoms with van der Waals surface area (Å²) in [5, 5.41) is 3.41. The zero-order valence-electron chi connectivity index (χ0n) is 9.12. The van der Waals surface area contributed by atoms with E-state index in [1.54, 1.807) is 0 Å². The fourth-order valence-electron chi connectivity index (χ4n) is 1.27. The third-order valence-corrected chi connectivity index (χ3v) is 4.67. The van der Waals surface area contributed by atoms with Gasteiger partial charge in [-0.25, -0.2) is 0 Å². The van der Waals surface area contributed by atoms with Crippen LogP contribution in [-0.2, 0) is 4.74 Å². The smallest absolute Gasteiger partial charge is 0.135 e. The summed E-state index contributed by atoms with van der Waals surface area (Å²) in [6.45, 7) is 5.50. The molecule has 0 amide bonds. The number of epoxide rings is 1. The standard InChI is InChI=1S/C10H21NOS2/c1-3-5-9-10(12-9)11-6-8-14-13-7-4-2/h9-11H,3-8H2,1-2H3. The highest BCUT2D eigenvalue weighted by molar-refractivity contribution is 8.76. The minimum absolute atomic E-state index is 0.367. The van der Waals surface area contributed by atoms with E-state index in [0.717, 1.165) is 6.54 Å². The van der Waals surface area contributed by atoms with Gasteiger partial charge in [0.25, 0.3) is 0 Å². The van der Waals surface area contributed by atoms with Gasteiger partial charge in [0, 0.05) is 18.1 Å². The second kappa shape index (κ2) is 7.85. The van der Waals surface area contributed by atoms with Crippen molar-refractivity contribution in [2.45, 2.75) is 45.4 Å². The second-order valence-electron chi connectivity index (χ2n) is 3.48. The maximum Gasteiger partial charge on any atom is 0.135 e. The highest BCUT2D eigenvalue weighted by Crippen LogP contribution is 2.25. The van der Waals surface area contributed by atoms with Crippen LogP contribution in [0.4, 0.5) is 0 Å². The van der Waals surface area contributed by atoms with Gasteiger partial charge in [-0.15, -0.1) is 0 Å². The highest BCUT2D eigenvalue weighted by atomic mass is 33.1. The molecule has 0 spiro atoms. The molecule has 84 valence electrons. The predicted molar refractivity (Wildman–Crippen MR) is 66.8 cm³/mol. The summed E-state index contributed by atoms with van der Waals surface area (Å²) in [6, 6.07) is 0. The first-order valence-electron chi connectivity index (χ1n) is 5.51. The van der Waals surface area contributed by atoms with Gasteiger partial charge in [-0.1, -0.05) is 41.9 Å². The Labute approximate surface area is 95.3 Å². The van der Waals surface area contributed by atoms with E-state index in [-0.39, 0.29) is 0 Å². The van der Waals surface area contributed by atoms with Crippen molar-refractivity contribution in [2.75, 3.05) is 18.1 Å². The van der Waals surface area contributed by atoms with E-state index in [1.807, 2.05) is 21.6 Å². The Bertz CT molecular complexity index is 146. The maximum absolute atomic E-state index is 5.46. The molecule has 0 aromatic rings. The molecule has 14 heavy (non-hydrogen) atoms. The van der Waals surface area contributed by atoms with Gasteiger partial charge in [-0.3, -0.25) is 5.32 Å². The van der Waals surface area contributed by atoms with Gasteiger partial charge in [0.1, 0.15) is 6.23 Å². The molecule has 0 radical (unpaired) electrons. The first-order chi connectivity index (χ1) is 6.88. The van der Waals surface area contributed by atoms with Gasteiger partial charge < -0.3 is 4.74 Å². The molecule has 0 aromatic carbocycles. The van der Waals surface area contributed by atoms with Gasteiger partial charge in [-0.2, -0.15) is 0 Å². The van der Waals surface area contributed by atoms with Crippen molar-refractivity contribution in [2.24, 2.45) is 0 Å². The minimum Gasteiger partial charge on any atom is -0.353 e. The van der Waals surface area contributed by atoms with Gasteiger partial charge >= 0.3 is 0 Å². The fraction of sp³-hybridized carbons (Fsp3) is 1.00. The van der Waals surface area contributed by atoms with E-state index in [2.05, 4.69) is 19.2 Å². The molecule has 1 N–H and O–H groups in total. The number of ether oxygens (including phenoxy) is 1. The van der Waals surface area contributed by atoms with Crippen molar-refractivity contribution in [1.82, 2.24) is 5.32 Å². The quantitative estimate of drug-likeness (QED) is 0.377. The lowest BCUT2D eigenvalue weighted by atomic mass is 10.2. The molecule has 0 bridgehead atoms. The molecule has 0 aliphatic carbocycles. The molecule has 1 fully saturated rings. The molecular weight excluding hydrogens is 214 g/mol. The third kappa shape index (κ3) is 5.49. The van der Waals surface area contributed by atoms with Crippen molar-refractivity contribution in [1.29, 1.82) is 0 Å². The Morgan fingerprint density at radius 3 is 2.64 bits per heavy atom. The summed E-state index contributed by atoms with van der Waals surface area (Å²) in [5.74, 6) is 2.45. The van der Waals surface area contributed by atoms with Gasteiger partial charge in [0.15, 0.2) is 0 Å². The average Bonchev–Trinajstić information content (AvgIpc) is 2.91. The molecule has 1 rings (SSSR count). The van der Waals surface area contributed by atoms with E-state index < -0.39 is 0 Å². The zero-order valence-corrected chi connectivity index (χ0v) is 10.8. The van der Waals surface area contributed by atoms with E-state index >= 15 is 0 Å². The SMILES string of the molecule is CCCSSCCNC1OC1CCC. The molecule has 0 saturated carbocycles. The van der Waals surface area contributed by atoms with Crippen LogP contribution in [0.5, 0.6) is 0 Å². The maximum atomic E-state index is 5.46. The summed E-state index contributed by atoms with van der Waals surface area (Å²) in [5.41, 5.74) is 0. The number of rotatable bonds is 9. The van der Waals surface area contributed by atoms with Crippen LogP contribution in [0.3, 0.4) is 0 Å². The van der Waals surface area contributed by atoms with Gasteiger partial charge in [0.05, 0.1) is 6.10 Å². The number of hydrogen-bond donors (Lipinski definition) is 1. The second-order valence-corrected chi connectivity index (χ2v) is 6.18. The monoisotopic (exact) mass is 235 g/mol. The van der Waals surface area contributed by atoms with Gasteiger partial charge in [-0.05, 0) is 12.8 Å². The molecule has 1 heterocycles. The Hall–Kier alpha value is 0.620.